The van der Waals surface area contributed by atoms with E-state index in [1.54, 1.807) is 11.0 Å². The maximum absolute atomic E-state index is 12.0. The predicted molar refractivity (Wildman–Crippen MR) is 87.0 cm³/mol. The molecule has 23 heavy (non-hydrogen) atoms. The summed E-state index contributed by atoms with van der Waals surface area (Å²) >= 11 is 0. The van der Waals surface area contributed by atoms with Crippen LogP contribution in [0, 0.1) is 5.92 Å². The van der Waals surface area contributed by atoms with Crippen molar-refractivity contribution in [2.24, 2.45) is 5.92 Å². The van der Waals surface area contributed by atoms with Crippen molar-refractivity contribution >= 4 is 12.0 Å². The molecule has 2 fully saturated rings. The van der Waals surface area contributed by atoms with Crippen molar-refractivity contribution in [3.8, 4) is 0 Å². The lowest BCUT2D eigenvalue weighted by Crippen LogP contribution is -2.47. The third-order valence-corrected chi connectivity index (χ3v) is 3.98. The first-order chi connectivity index (χ1) is 10.8. The maximum Gasteiger partial charge on any atom is 0.410 e. The Bertz CT molecular complexity index is 442. The Morgan fingerprint density at radius 2 is 1.91 bits per heavy atom. The maximum atomic E-state index is 12.0. The molecule has 2 heterocycles. The lowest BCUT2D eigenvalue weighted by Gasteiger charge is -2.33. The number of hydrogen-bond donors (Lipinski definition) is 1. The van der Waals surface area contributed by atoms with Gasteiger partial charge in [0.1, 0.15) is 5.60 Å². The summed E-state index contributed by atoms with van der Waals surface area (Å²) in [7, 11) is 0. The molecule has 0 spiro atoms. The normalized spacial score (nSPS) is 23.3. The molecule has 0 saturated carbocycles. The lowest BCUT2D eigenvalue weighted by molar-refractivity contribution is -0.117. The summed E-state index contributed by atoms with van der Waals surface area (Å²) in [6, 6.07) is 0.116. The van der Waals surface area contributed by atoms with Gasteiger partial charge in [0.2, 0.25) is 5.91 Å². The standard InChI is InChI=1S/C17H28N2O4/c1-17(2,3)23-16(21)19-9-6-14(7-10-19)18-15(20)5-4-13-8-11-22-12-13/h4-5,13-14H,6-12H2,1-3H3,(H,18,20). The van der Waals surface area contributed by atoms with Crippen LogP contribution in [0.5, 0.6) is 0 Å². The summed E-state index contributed by atoms with van der Waals surface area (Å²) in [6.45, 7) is 8.29. The Morgan fingerprint density at radius 3 is 2.48 bits per heavy atom. The van der Waals surface area contributed by atoms with Gasteiger partial charge >= 0.3 is 6.09 Å². The first-order valence-electron chi connectivity index (χ1n) is 8.38. The first kappa shape index (κ1) is 17.8. The molecule has 2 saturated heterocycles. The van der Waals surface area contributed by atoms with Crippen LogP contribution in [0.4, 0.5) is 4.79 Å². The van der Waals surface area contributed by atoms with Gasteiger partial charge < -0.3 is 19.7 Å². The van der Waals surface area contributed by atoms with E-state index < -0.39 is 5.60 Å². The summed E-state index contributed by atoms with van der Waals surface area (Å²) < 4.78 is 10.6. The van der Waals surface area contributed by atoms with E-state index in [-0.39, 0.29) is 18.0 Å². The van der Waals surface area contributed by atoms with Crippen molar-refractivity contribution < 1.29 is 19.1 Å². The van der Waals surface area contributed by atoms with Crippen molar-refractivity contribution in [2.45, 2.75) is 51.7 Å². The Morgan fingerprint density at radius 1 is 1.22 bits per heavy atom. The second kappa shape index (κ2) is 7.81. The Kier molecular flexibility index (Phi) is 6.04. The third kappa shape index (κ3) is 6.22. The van der Waals surface area contributed by atoms with Crippen molar-refractivity contribution in [2.75, 3.05) is 26.3 Å². The van der Waals surface area contributed by atoms with Gasteiger partial charge in [-0.2, -0.15) is 0 Å². The fraction of sp³-hybridized carbons (Fsp3) is 0.765. The van der Waals surface area contributed by atoms with E-state index in [4.69, 9.17) is 9.47 Å². The van der Waals surface area contributed by atoms with E-state index in [0.29, 0.717) is 25.6 Å². The van der Waals surface area contributed by atoms with Gasteiger partial charge in [0, 0.05) is 31.7 Å². The fourth-order valence-corrected chi connectivity index (χ4v) is 2.71. The molecule has 6 nitrogen and oxygen atoms in total. The average molecular weight is 324 g/mol. The van der Waals surface area contributed by atoms with E-state index in [9.17, 15) is 9.59 Å². The van der Waals surface area contributed by atoms with Gasteiger partial charge in [-0.15, -0.1) is 0 Å². The summed E-state index contributed by atoms with van der Waals surface area (Å²) in [5.41, 5.74) is -0.475. The highest BCUT2D eigenvalue weighted by molar-refractivity contribution is 5.87. The lowest BCUT2D eigenvalue weighted by atomic mass is 10.0. The molecule has 0 radical (unpaired) electrons. The van der Waals surface area contributed by atoms with Crippen LogP contribution < -0.4 is 5.32 Å². The molecule has 2 amide bonds. The summed E-state index contributed by atoms with van der Waals surface area (Å²) in [6.07, 6.45) is 5.76. The third-order valence-electron chi connectivity index (χ3n) is 3.98. The number of likely N-dealkylation sites (tertiary alicyclic amines) is 1. The van der Waals surface area contributed by atoms with Crippen molar-refractivity contribution in [3.05, 3.63) is 12.2 Å². The molecule has 2 aliphatic heterocycles. The van der Waals surface area contributed by atoms with Gasteiger partial charge in [-0.3, -0.25) is 4.79 Å². The number of hydrogen-bond acceptors (Lipinski definition) is 4. The van der Waals surface area contributed by atoms with Crippen LogP contribution in [0.2, 0.25) is 0 Å². The van der Waals surface area contributed by atoms with E-state index in [0.717, 1.165) is 25.9 Å². The number of nitrogens with zero attached hydrogens (tertiary/aromatic N) is 1. The minimum absolute atomic E-state index is 0.0624. The number of carbonyl (C=O) groups is 2. The van der Waals surface area contributed by atoms with Gasteiger partial charge in [-0.25, -0.2) is 4.79 Å². The summed E-state index contributed by atoms with van der Waals surface area (Å²) in [5.74, 6) is 0.294. The van der Waals surface area contributed by atoms with Crippen LogP contribution in [0.3, 0.4) is 0 Å². The number of piperidine rings is 1. The Balaban J connectivity index is 1.69. The minimum Gasteiger partial charge on any atom is -0.444 e. The topological polar surface area (TPSA) is 67.9 Å². The molecule has 0 aromatic heterocycles. The molecule has 1 atom stereocenters. The predicted octanol–water partition coefficient (Wildman–Crippen LogP) is 2.09. The summed E-state index contributed by atoms with van der Waals surface area (Å²) in [4.78, 5) is 25.6. The molecule has 0 aromatic carbocycles. The van der Waals surface area contributed by atoms with Crippen LogP contribution in [-0.2, 0) is 14.3 Å². The first-order valence-corrected chi connectivity index (χ1v) is 8.38. The molecule has 0 aliphatic carbocycles. The van der Waals surface area contributed by atoms with Gasteiger partial charge in [0.05, 0.1) is 6.61 Å². The van der Waals surface area contributed by atoms with Crippen LogP contribution in [0.15, 0.2) is 12.2 Å². The number of rotatable bonds is 3. The number of carbonyl (C=O) groups excluding carboxylic acids is 2. The average Bonchev–Trinajstić information content (AvgIpc) is 2.97. The van der Waals surface area contributed by atoms with E-state index in [2.05, 4.69) is 5.32 Å². The molecule has 130 valence electrons. The smallest absolute Gasteiger partial charge is 0.410 e. The van der Waals surface area contributed by atoms with E-state index >= 15 is 0 Å². The molecule has 1 N–H and O–H groups in total. The zero-order valence-electron chi connectivity index (χ0n) is 14.3. The number of nitrogens with one attached hydrogen (secondary N) is 1. The largest absolute Gasteiger partial charge is 0.444 e. The molecule has 0 bridgehead atoms. The molecular weight excluding hydrogens is 296 g/mol. The van der Waals surface area contributed by atoms with Crippen LogP contribution in [0.1, 0.15) is 40.0 Å². The quantitative estimate of drug-likeness (QED) is 0.807. The number of amides is 2. The van der Waals surface area contributed by atoms with Gasteiger partial charge in [0.25, 0.3) is 0 Å². The molecule has 1 unspecified atom stereocenters. The number of ether oxygens (including phenoxy) is 2. The SMILES string of the molecule is CC(C)(C)OC(=O)N1CCC(NC(=O)C=CC2CCOC2)CC1. The molecule has 2 rings (SSSR count). The van der Waals surface area contributed by atoms with Gasteiger partial charge in [-0.05, 0) is 46.1 Å². The van der Waals surface area contributed by atoms with Crippen LogP contribution in [0.25, 0.3) is 0 Å². The molecule has 2 aliphatic rings. The highest BCUT2D eigenvalue weighted by Crippen LogP contribution is 2.16. The van der Waals surface area contributed by atoms with Gasteiger partial charge in [0.15, 0.2) is 0 Å². The summed E-state index contributed by atoms with van der Waals surface area (Å²) in [5, 5.41) is 3.01. The molecule has 6 heteroatoms. The monoisotopic (exact) mass is 324 g/mol. The second-order valence-electron chi connectivity index (χ2n) is 7.23. The van der Waals surface area contributed by atoms with Crippen molar-refractivity contribution in [1.29, 1.82) is 0 Å². The second-order valence-corrected chi connectivity index (χ2v) is 7.23. The highest BCUT2D eigenvalue weighted by atomic mass is 16.6. The molecular formula is C17H28N2O4. The highest BCUT2D eigenvalue weighted by Gasteiger charge is 2.27. The van der Waals surface area contributed by atoms with Crippen LogP contribution >= 0.6 is 0 Å². The minimum atomic E-state index is -0.475. The molecule has 0 aromatic rings. The van der Waals surface area contributed by atoms with E-state index in [1.165, 1.54) is 0 Å². The fourth-order valence-electron chi connectivity index (χ4n) is 2.71. The van der Waals surface area contributed by atoms with Crippen LogP contribution in [-0.4, -0.2) is 54.8 Å². The zero-order valence-corrected chi connectivity index (χ0v) is 14.3. The van der Waals surface area contributed by atoms with Crippen molar-refractivity contribution in [1.82, 2.24) is 10.2 Å². The Hall–Kier alpha value is -1.56. The zero-order chi connectivity index (χ0) is 16.9. The van der Waals surface area contributed by atoms with Gasteiger partial charge in [-0.1, -0.05) is 6.08 Å². The van der Waals surface area contributed by atoms with Crippen molar-refractivity contribution in [3.63, 3.8) is 0 Å². The Labute approximate surface area is 138 Å². The van der Waals surface area contributed by atoms with E-state index in [1.807, 2.05) is 26.8 Å².